The molecule has 1 N–H and O–H groups in total. The number of thioether (sulfide) groups is 1. The Morgan fingerprint density at radius 2 is 1.84 bits per heavy atom. The fourth-order valence-electron chi connectivity index (χ4n) is 3.70. The van der Waals surface area contributed by atoms with Crippen molar-refractivity contribution in [3.8, 4) is 5.75 Å². The average molecular weight is 552 g/mol. The third kappa shape index (κ3) is 6.93. The van der Waals surface area contributed by atoms with Crippen LogP contribution in [0.4, 0.5) is 11.4 Å². The van der Waals surface area contributed by atoms with Gasteiger partial charge in [0.25, 0.3) is 0 Å². The van der Waals surface area contributed by atoms with Crippen LogP contribution in [0, 0.1) is 0 Å². The van der Waals surface area contributed by atoms with Crippen molar-refractivity contribution in [3.05, 3.63) is 88.9 Å². The molecule has 0 radical (unpaired) electrons. The van der Waals surface area contributed by atoms with Gasteiger partial charge in [-0.05, 0) is 67.1 Å². The van der Waals surface area contributed by atoms with Gasteiger partial charge in [-0.25, -0.2) is 9.79 Å². The lowest BCUT2D eigenvalue weighted by atomic mass is 10.2. The Kier molecular flexibility index (Phi) is 9.04. The van der Waals surface area contributed by atoms with Gasteiger partial charge in [-0.3, -0.25) is 14.5 Å². The highest BCUT2D eigenvalue weighted by Gasteiger charge is 2.36. The number of amidine groups is 1. The number of nitrogens with zero attached hydrogens (tertiary/aromatic N) is 2. The Balaban J connectivity index is 1.60. The second kappa shape index (κ2) is 12.6. The number of esters is 1. The number of carbonyl (C=O) groups excluding carboxylic acids is 3. The van der Waals surface area contributed by atoms with E-state index in [4.69, 9.17) is 21.1 Å². The second-order valence-electron chi connectivity index (χ2n) is 8.30. The maximum atomic E-state index is 13.3. The molecule has 10 heteroatoms. The first-order chi connectivity index (χ1) is 18.4. The molecule has 3 aromatic carbocycles. The number of nitrogens with one attached hydrogen (secondary N) is 1. The fraction of sp³-hybridized carbons (Fsp3) is 0.214. The van der Waals surface area contributed by atoms with Gasteiger partial charge in [0.1, 0.15) is 11.0 Å². The van der Waals surface area contributed by atoms with Crippen LogP contribution in [0.1, 0.15) is 29.3 Å². The van der Waals surface area contributed by atoms with Gasteiger partial charge in [-0.2, -0.15) is 0 Å². The summed E-state index contributed by atoms with van der Waals surface area (Å²) in [7, 11) is 1.59. The number of anilines is 1. The van der Waals surface area contributed by atoms with Crippen LogP contribution < -0.4 is 10.1 Å². The van der Waals surface area contributed by atoms with Crippen molar-refractivity contribution < 1.29 is 23.9 Å². The molecule has 1 atom stereocenters. The molecular weight excluding hydrogens is 526 g/mol. The zero-order valence-electron chi connectivity index (χ0n) is 20.8. The summed E-state index contributed by atoms with van der Waals surface area (Å²) in [6.45, 7) is 2.30. The summed E-state index contributed by atoms with van der Waals surface area (Å²) in [5.41, 5.74) is 2.36. The Labute approximate surface area is 230 Å². The van der Waals surface area contributed by atoms with E-state index in [2.05, 4.69) is 10.3 Å². The molecule has 1 fully saturated rings. The maximum absolute atomic E-state index is 13.3. The van der Waals surface area contributed by atoms with Crippen LogP contribution in [0.25, 0.3) is 0 Å². The van der Waals surface area contributed by atoms with Gasteiger partial charge in [0.15, 0.2) is 5.17 Å². The van der Waals surface area contributed by atoms with Crippen LogP contribution in [0.2, 0.25) is 5.02 Å². The SMILES string of the molecule is CCOC(=O)c1ccc(N=C2SC(C(=O)Nc3cccc(Cl)c3)CC(=O)N2Cc2ccc(OC)cc2)cc1. The highest BCUT2D eigenvalue weighted by molar-refractivity contribution is 8.15. The van der Waals surface area contributed by atoms with Gasteiger partial charge < -0.3 is 14.8 Å². The molecule has 1 saturated heterocycles. The molecule has 3 aromatic rings. The van der Waals surface area contributed by atoms with Gasteiger partial charge in [0, 0.05) is 17.1 Å². The summed E-state index contributed by atoms with van der Waals surface area (Å²) in [6, 6.07) is 20.8. The van der Waals surface area contributed by atoms with Gasteiger partial charge in [-0.1, -0.05) is 41.6 Å². The van der Waals surface area contributed by atoms with Gasteiger partial charge in [-0.15, -0.1) is 0 Å². The zero-order valence-corrected chi connectivity index (χ0v) is 22.4. The number of benzene rings is 3. The van der Waals surface area contributed by atoms with Gasteiger partial charge in [0.2, 0.25) is 11.8 Å². The number of hydrogen-bond donors (Lipinski definition) is 1. The molecule has 4 rings (SSSR count). The monoisotopic (exact) mass is 551 g/mol. The van der Waals surface area contributed by atoms with E-state index < -0.39 is 11.2 Å². The number of methoxy groups -OCH3 is 1. The van der Waals surface area contributed by atoms with Crippen LogP contribution in [-0.2, 0) is 20.9 Å². The van der Waals surface area contributed by atoms with Crippen LogP contribution in [0.15, 0.2) is 77.8 Å². The molecule has 1 heterocycles. The van der Waals surface area contributed by atoms with Gasteiger partial charge >= 0.3 is 5.97 Å². The van der Waals surface area contributed by atoms with Crippen LogP contribution in [-0.4, -0.2) is 46.8 Å². The topological polar surface area (TPSA) is 97.3 Å². The Morgan fingerprint density at radius 3 is 2.50 bits per heavy atom. The van der Waals surface area contributed by atoms with Crippen molar-refractivity contribution in [3.63, 3.8) is 0 Å². The quantitative estimate of drug-likeness (QED) is 0.361. The third-order valence-corrected chi connectivity index (χ3v) is 7.05. The molecule has 0 saturated carbocycles. The number of amides is 2. The van der Waals surface area contributed by atoms with E-state index in [1.807, 2.05) is 24.3 Å². The Hall–Kier alpha value is -3.82. The van der Waals surface area contributed by atoms with Crippen molar-refractivity contribution in [1.82, 2.24) is 4.90 Å². The molecule has 0 aliphatic carbocycles. The fourth-order valence-corrected chi connectivity index (χ4v) is 4.98. The molecule has 0 aromatic heterocycles. The lowest BCUT2D eigenvalue weighted by molar-refractivity contribution is -0.129. The maximum Gasteiger partial charge on any atom is 0.338 e. The zero-order chi connectivity index (χ0) is 27.1. The average Bonchev–Trinajstić information content (AvgIpc) is 2.91. The second-order valence-corrected chi connectivity index (χ2v) is 9.91. The molecule has 1 aliphatic rings. The first-order valence-electron chi connectivity index (χ1n) is 11.9. The number of halogens is 1. The Bertz CT molecular complexity index is 1350. The van der Waals surface area contributed by atoms with Crippen LogP contribution >= 0.6 is 23.4 Å². The number of rotatable bonds is 8. The van der Waals surface area contributed by atoms with Crippen molar-refractivity contribution in [2.24, 2.45) is 4.99 Å². The van der Waals surface area contributed by atoms with E-state index in [0.29, 0.717) is 32.9 Å². The van der Waals surface area contributed by atoms with Gasteiger partial charge in [0.05, 0.1) is 31.5 Å². The van der Waals surface area contributed by atoms with E-state index in [0.717, 1.165) is 5.56 Å². The first-order valence-corrected chi connectivity index (χ1v) is 13.1. The minimum absolute atomic E-state index is 0.00797. The lowest BCUT2D eigenvalue weighted by Crippen LogP contribution is -2.44. The van der Waals surface area contributed by atoms with E-state index in [9.17, 15) is 14.4 Å². The standard InChI is InChI=1S/C28H26ClN3O5S/c1-3-37-27(35)19-9-11-21(12-10-19)31-28-32(17-18-7-13-23(36-2)14-8-18)25(33)16-24(38-28)26(34)30-22-6-4-5-20(29)15-22/h4-15,24H,3,16-17H2,1-2H3,(H,30,34). The summed E-state index contributed by atoms with van der Waals surface area (Å²) >= 11 is 7.25. The first kappa shape index (κ1) is 27.2. The summed E-state index contributed by atoms with van der Waals surface area (Å²) < 4.78 is 10.3. The molecular formula is C28H26ClN3O5S. The van der Waals surface area contributed by atoms with E-state index in [-0.39, 0.29) is 31.4 Å². The summed E-state index contributed by atoms with van der Waals surface area (Å²) in [6.07, 6.45) is 0.00797. The van der Waals surface area contributed by atoms with E-state index in [1.54, 1.807) is 67.5 Å². The highest BCUT2D eigenvalue weighted by atomic mass is 35.5. The largest absolute Gasteiger partial charge is 0.497 e. The molecule has 0 bridgehead atoms. The van der Waals surface area contributed by atoms with Crippen LogP contribution in [0.5, 0.6) is 5.75 Å². The minimum Gasteiger partial charge on any atom is -0.497 e. The smallest absolute Gasteiger partial charge is 0.338 e. The third-order valence-electron chi connectivity index (χ3n) is 5.63. The minimum atomic E-state index is -0.689. The predicted octanol–water partition coefficient (Wildman–Crippen LogP) is 5.69. The number of aliphatic imine (C=N–C) groups is 1. The molecule has 196 valence electrons. The summed E-state index contributed by atoms with van der Waals surface area (Å²) in [4.78, 5) is 44.6. The van der Waals surface area contributed by atoms with Crippen molar-refractivity contribution in [2.75, 3.05) is 19.0 Å². The van der Waals surface area contributed by atoms with E-state index >= 15 is 0 Å². The van der Waals surface area contributed by atoms with Crippen LogP contribution in [0.3, 0.4) is 0 Å². The summed E-state index contributed by atoms with van der Waals surface area (Å²) in [5.74, 6) is -0.262. The highest BCUT2D eigenvalue weighted by Crippen LogP contribution is 2.31. The number of hydrogen-bond acceptors (Lipinski definition) is 7. The molecule has 1 aliphatic heterocycles. The predicted molar refractivity (Wildman–Crippen MR) is 149 cm³/mol. The normalized spacial score (nSPS) is 16.3. The van der Waals surface area contributed by atoms with Crippen molar-refractivity contribution >= 4 is 57.7 Å². The molecule has 0 spiro atoms. The van der Waals surface area contributed by atoms with Crippen molar-refractivity contribution in [2.45, 2.75) is 25.1 Å². The molecule has 1 unspecified atom stereocenters. The Morgan fingerprint density at radius 1 is 1.11 bits per heavy atom. The molecule has 8 nitrogen and oxygen atoms in total. The number of ether oxygens (including phenoxy) is 2. The van der Waals surface area contributed by atoms with Crippen molar-refractivity contribution in [1.29, 1.82) is 0 Å². The number of carbonyl (C=O) groups is 3. The van der Waals surface area contributed by atoms with E-state index in [1.165, 1.54) is 11.8 Å². The summed E-state index contributed by atoms with van der Waals surface area (Å²) in [5, 5.41) is 3.02. The molecule has 2 amide bonds. The lowest BCUT2D eigenvalue weighted by Gasteiger charge is -2.32. The molecule has 38 heavy (non-hydrogen) atoms.